The minimum absolute atomic E-state index is 0.292. The molecule has 1 unspecified atom stereocenters. The third-order valence-corrected chi connectivity index (χ3v) is 4.81. The lowest BCUT2D eigenvalue weighted by Crippen LogP contribution is -2.49. The van der Waals surface area contributed by atoms with Gasteiger partial charge in [-0.3, -0.25) is 9.78 Å². The van der Waals surface area contributed by atoms with Crippen LogP contribution in [0.1, 0.15) is 10.5 Å². The van der Waals surface area contributed by atoms with Crippen LogP contribution in [0.2, 0.25) is 0 Å². The van der Waals surface area contributed by atoms with E-state index in [9.17, 15) is 4.79 Å². The molecule has 9 nitrogen and oxygen atoms in total. The van der Waals surface area contributed by atoms with E-state index in [1.165, 1.54) is 0 Å². The van der Waals surface area contributed by atoms with Crippen LogP contribution in [0.15, 0.2) is 59.7 Å². The maximum absolute atomic E-state index is 12.4. The van der Waals surface area contributed by atoms with Crippen LogP contribution < -0.4 is 20.3 Å². The molecule has 9 heteroatoms. The number of carbonyl (C=O) groups excluding carboxylic acids is 1. The number of rotatable bonds is 5. The summed E-state index contributed by atoms with van der Waals surface area (Å²) in [4.78, 5) is 29.8. The largest absolute Gasteiger partial charge is 0.497 e. The summed E-state index contributed by atoms with van der Waals surface area (Å²) in [6, 6.07) is 9.24. The highest BCUT2D eigenvalue weighted by Gasteiger charge is 2.22. The van der Waals surface area contributed by atoms with Gasteiger partial charge in [0.1, 0.15) is 29.2 Å². The highest BCUT2D eigenvalue weighted by molar-refractivity contribution is 5.94. The minimum atomic E-state index is -0.394. The molecule has 29 heavy (non-hydrogen) atoms. The molecule has 4 rings (SSSR count). The summed E-state index contributed by atoms with van der Waals surface area (Å²) >= 11 is 0. The Morgan fingerprint density at radius 1 is 1.14 bits per heavy atom. The predicted molar refractivity (Wildman–Crippen MR) is 110 cm³/mol. The summed E-state index contributed by atoms with van der Waals surface area (Å²) < 4.78 is 5.13. The standard InChI is InChI=1S/C20H23N7O2/c1-29-15-5-7-21-16(12-15)20(28)25-17-13-24-19(14-23-17)27-10-8-26(9-11-27)18-4-2-3-6-22-18/h2-7,12-14,17,23H,8-11H2,1H3,(H,25,28). The average molecular weight is 393 g/mol. The molecule has 1 fully saturated rings. The zero-order chi connectivity index (χ0) is 20.1. The Morgan fingerprint density at radius 2 is 1.97 bits per heavy atom. The van der Waals surface area contributed by atoms with Gasteiger partial charge in [-0.25, -0.2) is 9.98 Å². The molecule has 0 saturated carbocycles. The fourth-order valence-electron chi connectivity index (χ4n) is 3.23. The second kappa shape index (κ2) is 8.59. The Labute approximate surface area is 169 Å². The molecule has 2 N–H and O–H groups in total. The van der Waals surface area contributed by atoms with E-state index in [4.69, 9.17) is 4.74 Å². The van der Waals surface area contributed by atoms with Gasteiger partial charge in [-0.1, -0.05) is 6.07 Å². The number of ether oxygens (including phenoxy) is 1. The van der Waals surface area contributed by atoms with Crippen molar-refractivity contribution in [2.24, 2.45) is 4.99 Å². The van der Waals surface area contributed by atoms with E-state index >= 15 is 0 Å². The van der Waals surface area contributed by atoms with Crippen molar-refractivity contribution in [3.8, 4) is 5.75 Å². The predicted octanol–water partition coefficient (Wildman–Crippen LogP) is 0.836. The van der Waals surface area contributed by atoms with Gasteiger partial charge < -0.3 is 25.2 Å². The van der Waals surface area contributed by atoms with E-state index < -0.39 is 6.17 Å². The van der Waals surface area contributed by atoms with Crippen LogP contribution in [0, 0.1) is 0 Å². The molecule has 0 spiro atoms. The molecule has 2 aromatic rings. The van der Waals surface area contributed by atoms with Gasteiger partial charge in [-0.05, 0) is 18.2 Å². The van der Waals surface area contributed by atoms with Crippen LogP contribution in [0.25, 0.3) is 0 Å². The van der Waals surface area contributed by atoms with Crippen molar-refractivity contribution < 1.29 is 9.53 Å². The van der Waals surface area contributed by atoms with Crippen LogP contribution in [0.4, 0.5) is 5.82 Å². The Balaban J connectivity index is 1.29. The normalized spacial score (nSPS) is 18.7. The fourth-order valence-corrected chi connectivity index (χ4v) is 3.23. The summed E-state index contributed by atoms with van der Waals surface area (Å²) in [6.07, 6.45) is 6.49. The van der Waals surface area contributed by atoms with Crippen molar-refractivity contribution >= 4 is 17.9 Å². The SMILES string of the molecule is COc1ccnc(C(=O)NC2C=NC(N3CCN(c4ccccn4)CC3)=CN2)c1. The van der Waals surface area contributed by atoms with Crippen LogP contribution >= 0.6 is 0 Å². The molecule has 4 heterocycles. The zero-order valence-electron chi connectivity index (χ0n) is 16.2. The Bertz CT molecular complexity index is 908. The van der Waals surface area contributed by atoms with E-state index in [0.29, 0.717) is 11.4 Å². The number of anilines is 1. The number of aliphatic imine (C=N–C) groups is 1. The molecule has 1 saturated heterocycles. The second-order valence-electron chi connectivity index (χ2n) is 6.64. The summed E-state index contributed by atoms with van der Waals surface area (Å²) in [5.74, 6) is 2.15. The van der Waals surface area contributed by atoms with E-state index in [1.54, 1.807) is 31.7 Å². The fraction of sp³-hybridized carbons (Fsp3) is 0.300. The topological polar surface area (TPSA) is 95.0 Å². The molecule has 0 radical (unpaired) electrons. The van der Waals surface area contributed by atoms with Gasteiger partial charge in [0.15, 0.2) is 0 Å². The molecule has 2 aliphatic rings. The lowest BCUT2D eigenvalue weighted by molar-refractivity contribution is 0.0939. The molecule has 2 aliphatic heterocycles. The number of pyridine rings is 2. The highest BCUT2D eigenvalue weighted by Crippen LogP contribution is 2.16. The van der Waals surface area contributed by atoms with Gasteiger partial charge in [0.05, 0.1) is 7.11 Å². The Morgan fingerprint density at radius 3 is 2.66 bits per heavy atom. The molecule has 2 aromatic heterocycles. The van der Waals surface area contributed by atoms with Crippen molar-refractivity contribution in [2.45, 2.75) is 6.17 Å². The first kappa shape index (κ1) is 18.7. The summed E-state index contributed by atoms with van der Waals surface area (Å²) in [5.41, 5.74) is 0.292. The zero-order valence-corrected chi connectivity index (χ0v) is 16.2. The molecule has 1 amide bonds. The lowest BCUT2D eigenvalue weighted by atomic mass is 10.3. The highest BCUT2D eigenvalue weighted by atomic mass is 16.5. The number of amides is 1. The van der Waals surface area contributed by atoms with Gasteiger partial charge in [0.25, 0.3) is 5.91 Å². The van der Waals surface area contributed by atoms with Crippen molar-refractivity contribution in [3.63, 3.8) is 0 Å². The lowest BCUT2D eigenvalue weighted by Gasteiger charge is -2.37. The number of nitrogens with one attached hydrogen (secondary N) is 2. The van der Waals surface area contributed by atoms with Crippen molar-refractivity contribution in [3.05, 3.63) is 60.4 Å². The number of methoxy groups -OCH3 is 1. The van der Waals surface area contributed by atoms with Crippen LogP contribution in [-0.2, 0) is 0 Å². The van der Waals surface area contributed by atoms with E-state index in [0.717, 1.165) is 37.8 Å². The van der Waals surface area contributed by atoms with Crippen LogP contribution in [0.3, 0.4) is 0 Å². The average Bonchev–Trinajstić information content (AvgIpc) is 2.80. The first-order valence-electron chi connectivity index (χ1n) is 9.45. The molecule has 0 bridgehead atoms. The monoisotopic (exact) mass is 393 g/mol. The van der Waals surface area contributed by atoms with Gasteiger partial charge in [0.2, 0.25) is 0 Å². The first-order chi connectivity index (χ1) is 14.2. The summed E-state index contributed by atoms with van der Waals surface area (Å²) in [6.45, 7) is 3.47. The molecule has 0 aromatic carbocycles. The van der Waals surface area contributed by atoms with Gasteiger partial charge >= 0.3 is 0 Å². The second-order valence-corrected chi connectivity index (χ2v) is 6.64. The van der Waals surface area contributed by atoms with Crippen LogP contribution in [0.5, 0.6) is 5.75 Å². The summed E-state index contributed by atoms with van der Waals surface area (Å²) in [5, 5.41) is 6.01. The van der Waals surface area contributed by atoms with Gasteiger partial charge in [-0.15, -0.1) is 0 Å². The number of carbonyl (C=O) groups is 1. The van der Waals surface area contributed by atoms with Crippen LogP contribution in [-0.4, -0.2) is 66.4 Å². The van der Waals surface area contributed by atoms with Crippen molar-refractivity contribution in [1.29, 1.82) is 0 Å². The molecule has 1 atom stereocenters. The smallest absolute Gasteiger partial charge is 0.271 e. The first-order valence-corrected chi connectivity index (χ1v) is 9.45. The van der Waals surface area contributed by atoms with Crippen molar-refractivity contribution in [2.75, 3.05) is 38.2 Å². The van der Waals surface area contributed by atoms with Gasteiger partial charge in [-0.2, -0.15) is 0 Å². The number of hydrogen-bond donors (Lipinski definition) is 2. The number of piperazine rings is 1. The Hall–Kier alpha value is -3.62. The Kier molecular flexibility index (Phi) is 5.55. The maximum atomic E-state index is 12.4. The van der Waals surface area contributed by atoms with E-state index in [-0.39, 0.29) is 5.91 Å². The quantitative estimate of drug-likeness (QED) is 0.777. The van der Waals surface area contributed by atoms with E-state index in [2.05, 4.69) is 35.4 Å². The maximum Gasteiger partial charge on any atom is 0.271 e. The third-order valence-electron chi connectivity index (χ3n) is 4.81. The minimum Gasteiger partial charge on any atom is -0.497 e. The van der Waals surface area contributed by atoms with Gasteiger partial charge in [0, 0.05) is 57.1 Å². The molecular weight excluding hydrogens is 370 g/mol. The number of nitrogens with zero attached hydrogens (tertiary/aromatic N) is 5. The summed E-state index contributed by atoms with van der Waals surface area (Å²) in [7, 11) is 1.55. The molecule has 0 aliphatic carbocycles. The van der Waals surface area contributed by atoms with Crippen molar-refractivity contribution in [1.82, 2.24) is 25.5 Å². The number of hydrogen-bond acceptors (Lipinski definition) is 8. The van der Waals surface area contributed by atoms with E-state index in [1.807, 2.05) is 30.6 Å². The molecular formula is C20H23N7O2. The molecule has 150 valence electrons. The number of aromatic nitrogens is 2. The third kappa shape index (κ3) is 4.45.